The lowest BCUT2D eigenvalue weighted by atomic mass is 9.81. The highest BCUT2D eigenvalue weighted by molar-refractivity contribution is 5.96. The van der Waals surface area contributed by atoms with E-state index in [1.165, 1.54) is 17.7 Å². The summed E-state index contributed by atoms with van der Waals surface area (Å²) in [4.78, 5) is 35.7. The normalized spacial score (nSPS) is 22.0. The molecular formula is C31H34F3N5O3. The number of aromatic nitrogens is 2. The van der Waals surface area contributed by atoms with Gasteiger partial charge in [0, 0.05) is 54.9 Å². The molecule has 1 saturated carbocycles. The van der Waals surface area contributed by atoms with E-state index in [0.29, 0.717) is 23.2 Å². The number of aliphatic hydroxyl groups excluding tert-OH is 1. The maximum atomic E-state index is 12.9. The van der Waals surface area contributed by atoms with Crippen molar-refractivity contribution in [2.24, 2.45) is 0 Å². The van der Waals surface area contributed by atoms with E-state index in [4.69, 9.17) is 0 Å². The fourth-order valence-corrected chi connectivity index (χ4v) is 5.92. The van der Waals surface area contributed by atoms with Gasteiger partial charge < -0.3 is 15.7 Å². The molecule has 2 aromatic heterocycles. The van der Waals surface area contributed by atoms with Crippen LogP contribution >= 0.6 is 0 Å². The van der Waals surface area contributed by atoms with E-state index in [0.717, 1.165) is 57.3 Å². The van der Waals surface area contributed by atoms with Crippen molar-refractivity contribution in [2.75, 3.05) is 19.6 Å². The molecule has 2 atom stereocenters. The summed E-state index contributed by atoms with van der Waals surface area (Å²) in [6.07, 6.45) is 4.77. The Balaban J connectivity index is 1.04. The van der Waals surface area contributed by atoms with Crippen LogP contribution in [0.1, 0.15) is 76.9 Å². The van der Waals surface area contributed by atoms with E-state index in [1.54, 1.807) is 18.5 Å². The molecule has 42 heavy (non-hydrogen) atoms. The molecule has 5 rings (SSSR count). The first-order chi connectivity index (χ1) is 20.2. The van der Waals surface area contributed by atoms with E-state index >= 15 is 0 Å². The smallest absolute Gasteiger partial charge is 0.382 e. The van der Waals surface area contributed by atoms with Crippen molar-refractivity contribution in [1.82, 2.24) is 25.5 Å². The standard InChI is InChI=1S/C31H34F3N5O3/c32-31(33,34)24-5-1-3-21(15-24)30(42)37-18-28(40)38-25-12-14-39(19-25)26-9-6-20(7-10-26)22-8-11-27(36-17-22)29(41)23-4-2-13-35-16-23/h1-5,8,11,13,15-17,20,25-26,29,41H,6-7,9-10,12,14,18-19H2,(H,37,42)(H,38,40)/t20?,25-,26?,29?/m1/s1. The van der Waals surface area contributed by atoms with E-state index in [1.807, 2.05) is 18.3 Å². The quantitative estimate of drug-likeness (QED) is 0.368. The highest BCUT2D eigenvalue weighted by Crippen LogP contribution is 2.36. The van der Waals surface area contributed by atoms with Gasteiger partial charge in [-0.3, -0.25) is 24.5 Å². The number of benzene rings is 1. The highest BCUT2D eigenvalue weighted by Gasteiger charge is 2.33. The van der Waals surface area contributed by atoms with Crippen molar-refractivity contribution in [1.29, 1.82) is 0 Å². The maximum Gasteiger partial charge on any atom is 0.416 e. The number of amides is 2. The minimum atomic E-state index is -4.55. The zero-order chi connectivity index (χ0) is 29.7. The van der Waals surface area contributed by atoms with Crippen molar-refractivity contribution in [3.63, 3.8) is 0 Å². The van der Waals surface area contributed by atoms with E-state index < -0.39 is 23.8 Å². The lowest BCUT2D eigenvalue weighted by molar-refractivity contribution is -0.137. The Hall–Kier alpha value is -3.83. The van der Waals surface area contributed by atoms with Crippen LogP contribution in [0, 0.1) is 0 Å². The van der Waals surface area contributed by atoms with Gasteiger partial charge in [0.1, 0.15) is 6.10 Å². The van der Waals surface area contributed by atoms with E-state index in [9.17, 15) is 27.9 Å². The molecule has 2 amide bonds. The molecule has 222 valence electrons. The van der Waals surface area contributed by atoms with Crippen molar-refractivity contribution in [2.45, 2.75) is 62.4 Å². The summed E-state index contributed by atoms with van der Waals surface area (Å²) < 4.78 is 38.7. The van der Waals surface area contributed by atoms with Crippen LogP contribution in [0.3, 0.4) is 0 Å². The van der Waals surface area contributed by atoms with Crippen LogP contribution in [-0.2, 0) is 11.0 Å². The van der Waals surface area contributed by atoms with Crippen LogP contribution in [0.4, 0.5) is 13.2 Å². The number of halogens is 3. The predicted molar refractivity (Wildman–Crippen MR) is 149 cm³/mol. The molecule has 11 heteroatoms. The predicted octanol–water partition coefficient (Wildman–Crippen LogP) is 4.22. The van der Waals surface area contributed by atoms with Crippen LogP contribution in [0.5, 0.6) is 0 Å². The fourth-order valence-electron chi connectivity index (χ4n) is 5.92. The van der Waals surface area contributed by atoms with Gasteiger partial charge in [-0.15, -0.1) is 0 Å². The van der Waals surface area contributed by atoms with Gasteiger partial charge in [0.2, 0.25) is 5.91 Å². The molecule has 3 aromatic rings. The van der Waals surface area contributed by atoms with Gasteiger partial charge in [-0.1, -0.05) is 18.2 Å². The zero-order valence-corrected chi connectivity index (χ0v) is 23.1. The number of aliphatic hydroxyl groups is 1. The number of nitrogens with one attached hydrogen (secondary N) is 2. The fraction of sp³-hybridized carbons (Fsp3) is 0.419. The van der Waals surface area contributed by atoms with Crippen LogP contribution in [0.25, 0.3) is 0 Å². The Kier molecular flexibility index (Phi) is 9.18. The molecule has 1 unspecified atom stereocenters. The summed E-state index contributed by atoms with van der Waals surface area (Å²) in [6.45, 7) is 1.30. The maximum absolute atomic E-state index is 12.9. The summed E-state index contributed by atoms with van der Waals surface area (Å²) in [5, 5.41) is 15.9. The van der Waals surface area contributed by atoms with E-state index in [-0.39, 0.29) is 24.1 Å². The molecular weight excluding hydrogens is 547 g/mol. The number of likely N-dealkylation sites (tertiary alicyclic amines) is 1. The lowest BCUT2D eigenvalue weighted by Crippen LogP contribution is -2.44. The number of hydrogen-bond acceptors (Lipinski definition) is 6. The third-order valence-electron chi connectivity index (χ3n) is 8.22. The van der Waals surface area contributed by atoms with Crippen molar-refractivity contribution < 1.29 is 27.9 Å². The topological polar surface area (TPSA) is 107 Å². The number of hydrogen-bond donors (Lipinski definition) is 3. The van der Waals surface area contributed by atoms with Gasteiger partial charge in [0.05, 0.1) is 17.8 Å². The molecule has 1 aliphatic carbocycles. The summed E-state index contributed by atoms with van der Waals surface area (Å²) in [5.41, 5.74) is 1.42. The minimum absolute atomic E-state index is 0.0383. The second-order valence-electron chi connectivity index (χ2n) is 11.0. The van der Waals surface area contributed by atoms with Gasteiger partial charge >= 0.3 is 6.18 Å². The van der Waals surface area contributed by atoms with E-state index in [2.05, 4.69) is 31.6 Å². The molecule has 2 fully saturated rings. The average Bonchev–Trinajstić information content (AvgIpc) is 3.48. The Morgan fingerprint density at radius 2 is 1.83 bits per heavy atom. The Bertz CT molecular complexity index is 1360. The summed E-state index contributed by atoms with van der Waals surface area (Å²) in [5.74, 6) is -0.678. The van der Waals surface area contributed by atoms with Crippen molar-refractivity contribution in [3.8, 4) is 0 Å². The van der Waals surface area contributed by atoms with Gasteiger partial charge in [0.15, 0.2) is 0 Å². The molecule has 3 heterocycles. The molecule has 8 nitrogen and oxygen atoms in total. The van der Waals surface area contributed by atoms with Crippen LogP contribution in [0.15, 0.2) is 67.1 Å². The van der Waals surface area contributed by atoms with Gasteiger partial charge in [-0.25, -0.2) is 0 Å². The van der Waals surface area contributed by atoms with Gasteiger partial charge in [-0.2, -0.15) is 13.2 Å². The molecule has 3 N–H and O–H groups in total. The second-order valence-corrected chi connectivity index (χ2v) is 11.0. The molecule has 2 aliphatic rings. The molecule has 0 spiro atoms. The Labute approximate surface area is 242 Å². The average molecular weight is 582 g/mol. The Morgan fingerprint density at radius 1 is 1.02 bits per heavy atom. The Morgan fingerprint density at radius 3 is 2.52 bits per heavy atom. The second kappa shape index (κ2) is 13.0. The lowest BCUT2D eigenvalue weighted by Gasteiger charge is -2.35. The first-order valence-corrected chi connectivity index (χ1v) is 14.2. The van der Waals surface area contributed by atoms with Crippen LogP contribution in [0.2, 0.25) is 0 Å². The number of carbonyl (C=O) groups is 2. The van der Waals surface area contributed by atoms with Gasteiger partial charge in [0.25, 0.3) is 5.91 Å². The monoisotopic (exact) mass is 581 g/mol. The number of rotatable bonds is 8. The first kappa shape index (κ1) is 29.7. The molecule has 1 aromatic carbocycles. The molecule has 0 radical (unpaired) electrons. The first-order valence-electron chi connectivity index (χ1n) is 14.2. The molecule has 0 bridgehead atoms. The van der Waals surface area contributed by atoms with Crippen molar-refractivity contribution >= 4 is 11.8 Å². The number of alkyl halides is 3. The third-order valence-corrected chi connectivity index (χ3v) is 8.22. The van der Waals surface area contributed by atoms with Crippen molar-refractivity contribution in [3.05, 3.63) is 95.1 Å². The summed E-state index contributed by atoms with van der Waals surface area (Å²) in [7, 11) is 0. The SMILES string of the molecule is O=C(CNC(=O)c1cccc(C(F)(F)F)c1)N[C@@H]1CCN(C2CCC(c3ccc(C(O)c4cccnc4)nc3)CC2)C1. The minimum Gasteiger partial charge on any atom is -0.382 e. The number of pyridine rings is 2. The molecule has 1 saturated heterocycles. The van der Waals surface area contributed by atoms with Gasteiger partial charge in [-0.05, 0) is 73.9 Å². The summed E-state index contributed by atoms with van der Waals surface area (Å²) >= 11 is 0. The third kappa shape index (κ3) is 7.32. The zero-order valence-electron chi connectivity index (χ0n) is 23.1. The van der Waals surface area contributed by atoms with Crippen LogP contribution < -0.4 is 10.6 Å². The number of nitrogens with zero attached hydrogens (tertiary/aromatic N) is 3. The van der Waals surface area contributed by atoms with Crippen LogP contribution in [-0.4, -0.2) is 63.5 Å². The highest BCUT2D eigenvalue weighted by atomic mass is 19.4. The largest absolute Gasteiger partial charge is 0.416 e. The number of carbonyl (C=O) groups excluding carboxylic acids is 2. The molecule has 1 aliphatic heterocycles. The summed E-state index contributed by atoms with van der Waals surface area (Å²) in [6, 6.07) is 12.1.